The summed E-state index contributed by atoms with van der Waals surface area (Å²) >= 11 is 0. The monoisotopic (exact) mass is 307 g/mol. The predicted octanol–water partition coefficient (Wildman–Crippen LogP) is 1.99. The first-order valence-corrected chi connectivity index (χ1v) is 9.30. The van der Waals surface area contributed by atoms with E-state index in [1.54, 1.807) is 0 Å². The Labute approximate surface area is 135 Å². The normalized spacial score (nSPS) is 38.0. The van der Waals surface area contributed by atoms with Crippen molar-refractivity contribution in [2.45, 2.75) is 64.5 Å². The molecule has 3 rings (SSSR count). The smallest absolute Gasteiger partial charge is 0.234 e. The fourth-order valence-corrected chi connectivity index (χ4v) is 5.18. The van der Waals surface area contributed by atoms with Gasteiger partial charge in [0.2, 0.25) is 5.91 Å². The van der Waals surface area contributed by atoms with Crippen LogP contribution in [-0.4, -0.2) is 42.5 Å². The molecule has 0 radical (unpaired) electrons. The molecule has 4 nitrogen and oxygen atoms in total. The van der Waals surface area contributed by atoms with E-state index in [0.29, 0.717) is 18.5 Å². The minimum absolute atomic E-state index is 0.209. The zero-order chi connectivity index (χ0) is 15.7. The SMILES string of the molecule is CC(N)C1CCCN(CC(=O)NC(C)C2CC3CCC2C3)C1. The van der Waals surface area contributed by atoms with Gasteiger partial charge in [0.25, 0.3) is 0 Å². The number of hydrogen-bond acceptors (Lipinski definition) is 3. The molecule has 2 saturated carbocycles. The second kappa shape index (κ2) is 6.88. The molecule has 6 atom stereocenters. The third kappa shape index (κ3) is 3.65. The van der Waals surface area contributed by atoms with Gasteiger partial charge in [-0.25, -0.2) is 0 Å². The summed E-state index contributed by atoms with van der Waals surface area (Å²) in [5.74, 6) is 3.30. The number of hydrogen-bond donors (Lipinski definition) is 2. The van der Waals surface area contributed by atoms with E-state index in [4.69, 9.17) is 5.73 Å². The summed E-state index contributed by atoms with van der Waals surface area (Å²) in [5, 5.41) is 3.29. The first-order valence-electron chi connectivity index (χ1n) is 9.30. The van der Waals surface area contributed by atoms with Gasteiger partial charge in [-0.3, -0.25) is 9.69 Å². The van der Waals surface area contributed by atoms with Crippen molar-refractivity contribution < 1.29 is 4.79 Å². The van der Waals surface area contributed by atoms with E-state index in [0.717, 1.165) is 30.8 Å². The van der Waals surface area contributed by atoms with Crippen molar-refractivity contribution >= 4 is 5.91 Å². The van der Waals surface area contributed by atoms with Gasteiger partial charge in [-0.2, -0.15) is 0 Å². The standard InChI is InChI=1S/C18H33N3O/c1-12(19)16-4-3-7-21(10-16)11-18(22)20-13(2)17-9-14-5-6-15(17)8-14/h12-17H,3-11,19H2,1-2H3,(H,20,22). The Balaban J connectivity index is 1.44. The molecule has 0 aromatic heterocycles. The van der Waals surface area contributed by atoms with E-state index in [1.165, 1.54) is 38.5 Å². The van der Waals surface area contributed by atoms with E-state index < -0.39 is 0 Å². The number of rotatable bonds is 5. The molecule has 1 aliphatic heterocycles. The Hall–Kier alpha value is -0.610. The Bertz CT molecular complexity index is 398. The van der Waals surface area contributed by atoms with Gasteiger partial charge in [-0.1, -0.05) is 6.42 Å². The lowest BCUT2D eigenvalue weighted by Gasteiger charge is -2.35. The maximum atomic E-state index is 12.4. The minimum atomic E-state index is 0.209. The number of amides is 1. The summed E-state index contributed by atoms with van der Waals surface area (Å²) in [6, 6.07) is 0.579. The Morgan fingerprint density at radius 3 is 2.73 bits per heavy atom. The topological polar surface area (TPSA) is 58.4 Å². The number of fused-ring (bicyclic) bond motifs is 2. The van der Waals surface area contributed by atoms with Gasteiger partial charge >= 0.3 is 0 Å². The number of carbonyl (C=O) groups excluding carboxylic acids is 1. The number of piperidine rings is 1. The summed E-state index contributed by atoms with van der Waals surface area (Å²) in [4.78, 5) is 14.7. The van der Waals surface area contributed by atoms with Gasteiger partial charge in [-0.15, -0.1) is 0 Å². The molecule has 126 valence electrons. The Morgan fingerprint density at radius 2 is 2.09 bits per heavy atom. The molecule has 2 aliphatic carbocycles. The molecule has 2 bridgehead atoms. The third-order valence-electron chi connectivity index (χ3n) is 6.48. The van der Waals surface area contributed by atoms with Crippen LogP contribution in [0.5, 0.6) is 0 Å². The number of nitrogens with one attached hydrogen (secondary N) is 1. The lowest BCUT2D eigenvalue weighted by molar-refractivity contribution is -0.123. The molecule has 3 fully saturated rings. The van der Waals surface area contributed by atoms with Gasteiger partial charge in [0, 0.05) is 18.6 Å². The highest BCUT2D eigenvalue weighted by molar-refractivity contribution is 5.78. The second-order valence-corrected chi connectivity index (χ2v) is 8.19. The van der Waals surface area contributed by atoms with E-state index in [1.807, 2.05) is 0 Å². The maximum absolute atomic E-state index is 12.4. The van der Waals surface area contributed by atoms with Crippen LogP contribution in [0.3, 0.4) is 0 Å². The highest BCUT2D eigenvalue weighted by Gasteiger charge is 2.42. The lowest BCUT2D eigenvalue weighted by Crippen LogP contribution is -2.48. The maximum Gasteiger partial charge on any atom is 0.234 e. The van der Waals surface area contributed by atoms with Gasteiger partial charge in [0.05, 0.1) is 6.54 Å². The third-order valence-corrected chi connectivity index (χ3v) is 6.48. The van der Waals surface area contributed by atoms with Crippen LogP contribution in [0.15, 0.2) is 0 Å². The van der Waals surface area contributed by atoms with E-state index >= 15 is 0 Å². The van der Waals surface area contributed by atoms with Crippen molar-refractivity contribution in [3.63, 3.8) is 0 Å². The van der Waals surface area contributed by atoms with Crippen LogP contribution in [0.25, 0.3) is 0 Å². The van der Waals surface area contributed by atoms with E-state index in [9.17, 15) is 4.79 Å². The fraction of sp³-hybridized carbons (Fsp3) is 0.944. The summed E-state index contributed by atoms with van der Waals surface area (Å²) in [5.41, 5.74) is 6.03. The first-order chi connectivity index (χ1) is 10.5. The van der Waals surface area contributed by atoms with Gasteiger partial charge in [0.1, 0.15) is 0 Å². The highest BCUT2D eigenvalue weighted by atomic mass is 16.2. The molecule has 3 aliphatic rings. The average Bonchev–Trinajstić information content (AvgIpc) is 3.10. The number of nitrogens with two attached hydrogens (primary N) is 1. The zero-order valence-corrected chi connectivity index (χ0v) is 14.3. The van der Waals surface area contributed by atoms with Crippen LogP contribution in [0.2, 0.25) is 0 Å². The van der Waals surface area contributed by atoms with Crippen LogP contribution in [0, 0.1) is 23.7 Å². The summed E-state index contributed by atoms with van der Waals surface area (Å²) in [6.07, 6.45) is 7.93. The van der Waals surface area contributed by atoms with Crippen molar-refractivity contribution in [3.8, 4) is 0 Å². The predicted molar refractivity (Wildman–Crippen MR) is 89.4 cm³/mol. The number of carbonyl (C=O) groups is 1. The van der Waals surface area contributed by atoms with E-state index in [2.05, 4.69) is 24.1 Å². The molecule has 22 heavy (non-hydrogen) atoms. The number of likely N-dealkylation sites (tertiary alicyclic amines) is 1. The van der Waals surface area contributed by atoms with Crippen molar-refractivity contribution in [3.05, 3.63) is 0 Å². The molecule has 0 aromatic rings. The summed E-state index contributed by atoms with van der Waals surface area (Å²) in [7, 11) is 0. The van der Waals surface area contributed by atoms with Crippen LogP contribution in [0.1, 0.15) is 52.4 Å². The van der Waals surface area contributed by atoms with Gasteiger partial charge in [-0.05, 0) is 76.2 Å². The molecule has 6 unspecified atom stereocenters. The zero-order valence-electron chi connectivity index (χ0n) is 14.3. The molecule has 0 spiro atoms. The first kappa shape index (κ1) is 16.3. The van der Waals surface area contributed by atoms with Crippen LogP contribution in [0.4, 0.5) is 0 Å². The molecule has 0 aromatic carbocycles. The van der Waals surface area contributed by atoms with Crippen LogP contribution in [-0.2, 0) is 4.79 Å². The molecule has 1 heterocycles. The molecular weight excluding hydrogens is 274 g/mol. The second-order valence-electron chi connectivity index (χ2n) is 8.19. The van der Waals surface area contributed by atoms with Gasteiger partial charge in [0.15, 0.2) is 0 Å². The highest BCUT2D eigenvalue weighted by Crippen LogP contribution is 2.49. The largest absolute Gasteiger partial charge is 0.352 e. The molecule has 4 heteroatoms. The molecule has 1 amide bonds. The van der Waals surface area contributed by atoms with Crippen molar-refractivity contribution in [1.82, 2.24) is 10.2 Å². The lowest BCUT2D eigenvalue weighted by atomic mass is 9.84. The van der Waals surface area contributed by atoms with Crippen molar-refractivity contribution in [1.29, 1.82) is 0 Å². The minimum Gasteiger partial charge on any atom is -0.352 e. The quantitative estimate of drug-likeness (QED) is 0.816. The van der Waals surface area contributed by atoms with Crippen LogP contribution >= 0.6 is 0 Å². The van der Waals surface area contributed by atoms with Crippen LogP contribution < -0.4 is 11.1 Å². The van der Waals surface area contributed by atoms with Crippen molar-refractivity contribution in [2.24, 2.45) is 29.4 Å². The van der Waals surface area contributed by atoms with E-state index in [-0.39, 0.29) is 11.9 Å². The molecular formula is C18H33N3O. The molecule has 1 saturated heterocycles. The van der Waals surface area contributed by atoms with Crippen molar-refractivity contribution in [2.75, 3.05) is 19.6 Å². The Morgan fingerprint density at radius 1 is 1.27 bits per heavy atom. The average molecular weight is 307 g/mol. The molecule has 3 N–H and O–H groups in total. The number of nitrogens with zero attached hydrogens (tertiary/aromatic N) is 1. The fourth-order valence-electron chi connectivity index (χ4n) is 5.18. The summed E-state index contributed by atoms with van der Waals surface area (Å²) in [6.45, 7) is 6.87. The van der Waals surface area contributed by atoms with Gasteiger partial charge < -0.3 is 11.1 Å². The Kier molecular flexibility index (Phi) is 5.08. The summed E-state index contributed by atoms with van der Waals surface area (Å²) < 4.78 is 0.